The van der Waals surface area contributed by atoms with Crippen LogP contribution in [0.25, 0.3) is 0 Å². The Morgan fingerprint density at radius 3 is 2.40 bits per heavy atom. The number of alkyl halides is 1. The third kappa shape index (κ3) is 3.62. The molecule has 0 aliphatic heterocycles. The zero-order valence-corrected chi connectivity index (χ0v) is 8.54. The Kier molecular flexibility index (Phi) is 8.17. The van der Waals surface area contributed by atoms with Gasteiger partial charge in [-0.1, -0.05) is 0 Å². The smallest absolute Gasteiger partial charge is 0.0897 e. The lowest BCUT2D eigenvalue weighted by Gasteiger charge is -1.76. The van der Waals surface area contributed by atoms with Crippen molar-refractivity contribution >= 4 is 47.8 Å². The quantitative estimate of drug-likeness (QED) is 0.663. The van der Waals surface area contributed by atoms with Crippen molar-refractivity contribution in [1.29, 1.82) is 0 Å². The van der Waals surface area contributed by atoms with E-state index in [1.807, 2.05) is 13.1 Å². The fraction of sp³-hybridized carbons (Fsp3) is 0.400. The molecule has 0 amide bonds. The van der Waals surface area contributed by atoms with Crippen LogP contribution in [0.3, 0.4) is 0 Å². The van der Waals surface area contributed by atoms with Gasteiger partial charge in [0.05, 0.1) is 10.9 Å². The van der Waals surface area contributed by atoms with E-state index in [2.05, 4.69) is 4.98 Å². The van der Waals surface area contributed by atoms with E-state index in [-0.39, 0.29) is 24.8 Å². The summed E-state index contributed by atoms with van der Waals surface area (Å²) in [5, 5.41) is 1.08. The van der Waals surface area contributed by atoms with Crippen molar-refractivity contribution < 1.29 is 0 Å². The van der Waals surface area contributed by atoms with Crippen LogP contribution in [0, 0.1) is 6.92 Å². The van der Waals surface area contributed by atoms with Crippen LogP contribution < -0.4 is 0 Å². The van der Waals surface area contributed by atoms with Gasteiger partial charge in [0, 0.05) is 11.1 Å². The molecular formula is C5H8Cl3NS. The first-order valence-electron chi connectivity index (χ1n) is 2.30. The third-order valence-electron chi connectivity index (χ3n) is 0.801. The molecule has 60 valence electrons. The third-order valence-corrected chi connectivity index (χ3v) is 2.16. The summed E-state index contributed by atoms with van der Waals surface area (Å²) >= 11 is 7.16. The fourth-order valence-electron chi connectivity index (χ4n) is 0.467. The predicted octanol–water partition coefficient (Wildman–Crippen LogP) is 3.03. The molecule has 0 aromatic carbocycles. The van der Waals surface area contributed by atoms with Crippen molar-refractivity contribution in [3.8, 4) is 0 Å². The van der Waals surface area contributed by atoms with E-state index in [0.29, 0.717) is 5.88 Å². The number of aryl methyl sites for hydroxylation is 1. The Labute approximate surface area is 81.6 Å². The molecule has 5 heteroatoms. The van der Waals surface area contributed by atoms with Gasteiger partial charge >= 0.3 is 0 Å². The molecule has 0 saturated carbocycles. The Balaban J connectivity index is 0. The molecule has 1 aromatic heterocycles. The molecule has 0 N–H and O–H groups in total. The van der Waals surface area contributed by atoms with Gasteiger partial charge in [0.2, 0.25) is 0 Å². The van der Waals surface area contributed by atoms with Crippen LogP contribution in [0.1, 0.15) is 9.88 Å². The van der Waals surface area contributed by atoms with Crippen LogP contribution in [0.4, 0.5) is 0 Å². The number of hydrogen-bond donors (Lipinski definition) is 0. The van der Waals surface area contributed by atoms with Gasteiger partial charge in [-0.2, -0.15) is 0 Å². The lowest BCUT2D eigenvalue weighted by Crippen LogP contribution is -1.61. The fourth-order valence-corrected chi connectivity index (χ4v) is 1.34. The van der Waals surface area contributed by atoms with Gasteiger partial charge in [-0.25, -0.2) is 4.98 Å². The number of thiazole rings is 1. The maximum Gasteiger partial charge on any atom is 0.0897 e. The molecule has 0 aliphatic carbocycles. The summed E-state index contributed by atoms with van der Waals surface area (Å²) in [6.07, 6.45) is 1.81. The van der Waals surface area contributed by atoms with E-state index in [1.165, 1.54) is 0 Å². The van der Waals surface area contributed by atoms with E-state index in [4.69, 9.17) is 11.6 Å². The summed E-state index contributed by atoms with van der Waals surface area (Å²) < 4.78 is 0. The molecule has 1 aromatic rings. The number of hydrogen-bond acceptors (Lipinski definition) is 2. The van der Waals surface area contributed by atoms with E-state index < -0.39 is 0 Å². The van der Waals surface area contributed by atoms with Crippen LogP contribution in [-0.2, 0) is 5.88 Å². The molecule has 0 saturated heterocycles. The summed E-state index contributed by atoms with van der Waals surface area (Å²) in [6, 6.07) is 0. The number of aromatic nitrogens is 1. The Morgan fingerprint density at radius 1 is 1.60 bits per heavy atom. The molecule has 0 aliphatic rings. The molecule has 0 atom stereocenters. The summed E-state index contributed by atoms with van der Waals surface area (Å²) in [4.78, 5) is 5.16. The number of rotatable bonds is 1. The minimum atomic E-state index is 0. The van der Waals surface area contributed by atoms with Crippen molar-refractivity contribution in [3.05, 3.63) is 16.1 Å². The molecule has 0 spiro atoms. The lowest BCUT2D eigenvalue weighted by molar-refractivity contribution is 1.28. The molecule has 1 rings (SSSR count). The summed E-state index contributed by atoms with van der Waals surface area (Å²) in [5.74, 6) is 0.589. The van der Waals surface area contributed by atoms with Gasteiger partial charge in [0.1, 0.15) is 0 Å². The molecular weight excluding hydrogens is 212 g/mol. The second kappa shape index (κ2) is 6.23. The van der Waals surface area contributed by atoms with E-state index in [0.717, 1.165) is 9.88 Å². The maximum atomic E-state index is 5.51. The van der Waals surface area contributed by atoms with Gasteiger partial charge < -0.3 is 0 Å². The van der Waals surface area contributed by atoms with Crippen molar-refractivity contribution in [2.75, 3.05) is 0 Å². The van der Waals surface area contributed by atoms with E-state index in [1.54, 1.807) is 11.3 Å². The van der Waals surface area contributed by atoms with Gasteiger partial charge in [0.25, 0.3) is 0 Å². The minimum Gasteiger partial charge on any atom is -0.250 e. The van der Waals surface area contributed by atoms with Gasteiger partial charge in [-0.05, 0) is 6.92 Å². The molecule has 0 bridgehead atoms. The predicted molar refractivity (Wildman–Crippen MR) is 50.9 cm³/mol. The highest BCUT2D eigenvalue weighted by atomic mass is 35.5. The molecule has 1 heterocycles. The van der Waals surface area contributed by atoms with E-state index >= 15 is 0 Å². The normalized spacial score (nSPS) is 7.80. The second-order valence-corrected chi connectivity index (χ2v) is 3.07. The Morgan fingerprint density at radius 2 is 2.20 bits per heavy atom. The summed E-state index contributed by atoms with van der Waals surface area (Å²) in [6.45, 7) is 1.97. The van der Waals surface area contributed by atoms with E-state index in [9.17, 15) is 0 Å². The van der Waals surface area contributed by atoms with Crippen LogP contribution in [-0.4, -0.2) is 4.98 Å². The van der Waals surface area contributed by atoms with Crippen LogP contribution >= 0.6 is 47.8 Å². The zero-order valence-electron chi connectivity index (χ0n) is 5.33. The first kappa shape index (κ1) is 13.1. The maximum absolute atomic E-state index is 5.51. The highest BCUT2D eigenvalue weighted by Gasteiger charge is 1.92. The molecule has 0 fully saturated rings. The Hall–Kier alpha value is 0.500. The van der Waals surface area contributed by atoms with Crippen molar-refractivity contribution in [3.63, 3.8) is 0 Å². The topological polar surface area (TPSA) is 12.9 Å². The van der Waals surface area contributed by atoms with Crippen LogP contribution in [0.15, 0.2) is 6.20 Å². The lowest BCUT2D eigenvalue weighted by atomic mass is 10.6. The second-order valence-electron chi connectivity index (χ2n) is 1.48. The average Bonchev–Trinajstić information content (AvgIpc) is 2.14. The highest BCUT2D eigenvalue weighted by molar-refractivity contribution is 7.11. The largest absolute Gasteiger partial charge is 0.250 e. The first-order chi connectivity index (χ1) is 3.83. The molecule has 10 heavy (non-hydrogen) atoms. The van der Waals surface area contributed by atoms with Gasteiger partial charge in [-0.15, -0.1) is 47.8 Å². The van der Waals surface area contributed by atoms with Crippen LogP contribution in [0.5, 0.6) is 0 Å². The van der Waals surface area contributed by atoms with Crippen molar-refractivity contribution in [2.24, 2.45) is 0 Å². The highest BCUT2D eigenvalue weighted by Crippen LogP contribution is 2.12. The van der Waals surface area contributed by atoms with Crippen molar-refractivity contribution in [1.82, 2.24) is 4.98 Å². The summed E-state index contributed by atoms with van der Waals surface area (Å²) in [7, 11) is 0. The average molecular weight is 221 g/mol. The molecule has 0 radical (unpaired) electrons. The standard InChI is InChI=1S/C5H6ClNS.2ClH/c1-4-7-3-5(2-6)8-4;;/h3H,2H2,1H3;2*1H. The number of nitrogens with zero attached hydrogens (tertiary/aromatic N) is 1. The summed E-state index contributed by atoms with van der Waals surface area (Å²) in [5.41, 5.74) is 0. The first-order valence-corrected chi connectivity index (χ1v) is 3.65. The SMILES string of the molecule is Cc1ncc(CCl)s1.Cl.Cl. The van der Waals surface area contributed by atoms with Crippen LogP contribution in [0.2, 0.25) is 0 Å². The molecule has 0 unspecified atom stereocenters. The van der Waals surface area contributed by atoms with Gasteiger partial charge in [-0.3, -0.25) is 0 Å². The molecule has 1 nitrogen and oxygen atoms in total. The Bertz CT molecular complexity index is 177. The minimum absolute atomic E-state index is 0. The number of halogens is 3. The van der Waals surface area contributed by atoms with Crippen molar-refractivity contribution in [2.45, 2.75) is 12.8 Å². The zero-order chi connectivity index (χ0) is 5.98. The monoisotopic (exact) mass is 219 g/mol. The van der Waals surface area contributed by atoms with Gasteiger partial charge in [0.15, 0.2) is 0 Å².